The van der Waals surface area contributed by atoms with E-state index in [0.717, 1.165) is 16.7 Å². The second-order valence-corrected chi connectivity index (χ2v) is 12.1. The minimum absolute atomic E-state index is 0.0590. The molecule has 0 aliphatic carbocycles. The van der Waals surface area contributed by atoms with Gasteiger partial charge in [0.25, 0.3) is 0 Å². The monoisotopic (exact) mass is 519 g/mol. The van der Waals surface area contributed by atoms with Gasteiger partial charge in [-0.2, -0.15) is 4.31 Å². The standard InChI is InChI=1S/C30H30ClNO3S/c1-30(2,3)25-12-18-29(19-13-25)36(33,34)32(21-23-8-5-4-6-9-23)22-24-10-7-11-28(20-24)35-27-16-14-26(31)15-17-27/h4-20H,21-22H2,1-3H3. The lowest BCUT2D eigenvalue weighted by Gasteiger charge is -2.24. The fraction of sp³-hybridized carbons (Fsp3) is 0.200. The van der Waals surface area contributed by atoms with Crippen molar-refractivity contribution in [2.75, 3.05) is 0 Å². The van der Waals surface area contributed by atoms with Gasteiger partial charge >= 0.3 is 0 Å². The molecule has 0 saturated carbocycles. The van der Waals surface area contributed by atoms with Crippen molar-refractivity contribution >= 4 is 21.6 Å². The minimum Gasteiger partial charge on any atom is -0.457 e. The molecular weight excluding hydrogens is 490 g/mol. The maximum absolute atomic E-state index is 13.8. The molecule has 0 radical (unpaired) electrons. The van der Waals surface area contributed by atoms with Crippen LogP contribution >= 0.6 is 11.6 Å². The lowest BCUT2D eigenvalue weighted by Crippen LogP contribution is -2.30. The molecule has 0 amide bonds. The van der Waals surface area contributed by atoms with Gasteiger partial charge < -0.3 is 4.74 Å². The predicted octanol–water partition coefficient (Wildman–Crippen LogP) is 7.82. The number of benzene rings is 4. The van der Waals surface area contributed by atoms with Crippen molar-refractivity contribution in [2.45, 2.75) is 44.2 Å². The van der Waals surface area contributed by atoms with Gasteiger partial charge in [-0.05, 0) is 70.6 Å². The summed E-state index contributed by atoms with van der Waals surface area (Å²) in [6.07, 6.45) is 0. The second-order valence-electron chi connectivity index (χ2n) is 9.74. The largest absolute Gasteiger partial charge is 0.457 e. The van der Waals surface area contributed by atoms with Crippen molar-refractivity contribution in [2.24, 2.45) is 0 Å². The van der Waals surface area contributed by atoms with Gasteiger partial charge in [0.2, 0.25) is 10.0 Å². The smallest absolute Gasteiger partial charge is 0.243 e. The third-order valence-electron chi connectivity index (χ3n) is 5.87. The molecule has 6 heteroatoms. The number of nitrogens with zero attached hydrogens (tertiary/aromatic N) is 1. The molecule has 0 aliphatic heterocycles. The van der Waals surface area contributed by atoms with Crippen molar-refractivity contribution in [1.82, 2.24) is 4.31 Å². The van der Waals surface area contributed by atoms with Gasteiger partial charge in [0.05, 0.1) is 4.90 Å². The number of hydrogen-bond donors (Lipinski definition) is 0. The van der Waals surface area contributed by atoms with E-state index in [9.17, 15) is 8.42 Å². The Morgan fingerprint density at radius 2 is 1.33 bits per heavy atom. The van der Waals surface area contributed by atoms with E-state index in [1.54, 1.807) is 36.4 Å². The molecule has 0 N–H and O–H groups in total. The van der Waals surface area contributed by atoms with Crippen LogP contribution in [0.2, 0.25) is 5.02 Å². The van der Waals surface area contributed by atoms with Gasteiger partial charge in [0.1, 0.15) is 11.5 Å². The first-order valence-electron chi connectivity index (χ1n) is 11.8. The van der Waals surface area contributed by atoms with Gasteiger partial charge in [-0.25, -0.2) is 8.42 Å². The van der Waals surface area contributed by atoms with Crippen LogP contribution in [0.25, 0.3) is 0 Å². The Hall–Kier alpha value is -3.12. The Balaban J connectivity index is 1.63. The van der Waals surface area contributed by atoms with Crippen molar-refractivity contribution in [3.05, 3.63) is 125 Å². The molecule has 4 nitrogen and oxygen atoms in total. The Labute approximate surface area is 219 Å². The zero-order valence-corrected chi connectivity index (χ0v) is 22.3. The fourth-order valence-corrected chi connectivity index (χ4v) is 5.38. The Bertz CT molecular complexity index is 1400. The molecule has 0 unspecified atom stereocenters. The molecule has 0 aliphatic rings. The lowest BCUT2D eigenvalue weighted by molar-refractivity contribution is 0.399. The first kappa shape index (κ1) is 26.0. The number of ether oxygens (including phenoxy) is 1. The average Bonchev–Trinajstić information content (AvgIpc) is 2.85. The zero-order chi connectivity index (χ0) is 25.8. The zero-order valence-electron chi connectivity index (χ0n) is 20.7. The fourth-order valence-electron chi connectivity index (χ4n) is 3.84. The van der Waals surface area contributed by atoms with E-state index in [0.29, 0.717) is 16.5 Å². The van der Waals surface area contributed by atoms with Crippen LogP contribution in [0.4, 0.5) is 0 Å². The third-order valence-corrected chi connectivity index (χ3v) is 7.92. The molecule has 0 bridgehead atoms. The molecule has 186 valence electrons. The number of rotatable bonds is 8. The molecule has 4 rings (SSSR count). The van der Waals surface area contributed by atoms with E-state index < -0.39 is 10.0 Å². The van der Waals surface area contributed by atoms with Crippen molar-refractivity contribution in [1.29, 1.82) is 0 Å². The molecule has 4 aromatic carbocycles. The summed E-state index contributed by atoms with van der Waals surface area (Å²) >= 11 is 5.97. The normalized spacial score (nSPS) is 12.0. The third kappa shape index (κ3) is 6.55. The van der Waals surface area contributed by atoms with Crippen LogP contribution in [0.3, 0.4) is 0 Å². The SMILES string of the molecule is CC(C)(C)c1ccc(S(=O)(=O)N(Cc2ccccc2)Cc2cccc(Oc3ccc(Cl)cc3)c2)cc1. The predicted molar refractivity (Wildman–Crippen MR) is 146 cm³/mol. The van der Waals surface area contributed by atoms with Crippen LogP contribution in [0.1, 0.15) is 37.5 Å². The molecule has 0 spiro atoms. The summed E-state index contributed by atoms with van der Waals surface area (Å²) in [4.78, 5) is 0.278. The molecule has 0 atom stereocenters. The maximum Gasteiger partial charge on any atom is 0.243 e. The Kier molecular flexibility index (Phi) is 7.84. The van der Waals surface area contributed by atoms with Crippen molar-refractivity contribution < 1.29 is 13.2 Å². The molecule has 0 heterocycles. The Morgan fingerprint density at radius 3 is 1.97 bits per heavy atom. The van der Waals surface area contributed by atoms with Crippen LogP contribution in [0.5, 0.6) is 11.5 Å². The van der Waals surface area contributed by atoms with Gasteiger partial charge in [-0.15, -0.1) is 0 Å². The van der Waals surface area contributed by atoms with Gasteiger partial charge in [-0.3, -0.25) is 0 Å². The van der Waals surface area contributed by atoms with Gasteiger partial charge in [-0.1, -0.05) is 87.0 Å². The number of halogens is 1. The number of hydrogen-bond acceptors (Lipinski definition) is 3. The van der Waals surface area contributed by atoms with Gasteiger partial charge in [0.15, 0.2) is 0 Å². The van der Waals surface area contributed by atoms with Crippen LogP contribution in [0, 0.1) is 0 Å². The highest BCUT2D eigenvalue weighted by atomic mass is 35.5. The number of sulfonamides is 1. The maximum atomic E-state index is 13.8. The average molecular weight is 520 g/mol. The van der Waals surface area contributed by atoms with E-state index in [1.165, 1.54) is 4.31 Å². The summed E-state index contributed by atoms with van der Waals surface area (Å²) in [6.45, 7) is 6.79. The topological polar surface area (TPSA) is 46.6 Å². The summed E-state index contributed by atoms with van der Waals surface area (Å²) in [6, 6.07) is 31.4. The van der Waals surface area contributed by atoms with Crippen LogP contribution < -0.4 is 4.74 Å². The molecule has 0 aromatic heterocycles. The van der Waals surface area contributed by atoms with E-state index in [2.05, 4.69) is 20.8 Å². The summed E-state index contributed by atoms with van der Waals surface area (Å²) in [7, 11) is -3.76. The lowest BCUT2D eigenvalue weighted by atomic mass is 9.87. The quantitative estimate of drug-likeness (QED) is 0.238. The van der Waals surface area contributed by atoms with E-state index in [-0.39, 0.29) is 23.4 Å². The molecule has 4 aromatic rings. The van der Waals surface area contributed by atoms with E-state index in [1.807, 2.05) is 66.7 Å². The first-order valence-corrected chi connectivity index (χ1v) is 13.6. The second kappa shape index (κ2) is 10.9. The summed E-state index contributed by atoms with van der Waals surface area (Å²) < 4.78 is 35.1. The van der Waals surface area contributed by atoms with Gasteiger partial charge in [0, 0.05) is 18.1 Å². The van der Waals surface area contributed by atoms with Crippen LogP contribution in [-0.2, 0) is 28.5 Å². The van der Waals surface area contributed by atoms with Crippen molar-refractivity contribution in [3.8, 4) is 11.5 Å². The first-order chi connectivity index (χ1) is 17.1. The molecular formula is C30H30ClNO3S. The van der Waals surface area contributed by atoms with E-state index in [4.69, 9.17) is 16.3 Å². The minimum atomic E-state index is -3.76. The van der Waals surface area contributed by atoms with Crippen LogP contribution in [0.15, 0.2) is 108 Å². The van der Waals surface area contributed by atoms with E-state index >= 15 is 0 Å². The van der Waals surface area contributed by atoms with Crippen molar-refractivity contribution in [3.63, 3.8) is 0 Å². The highest BCUT2D eigenvalue weighted by Gasteiger charge is 2.26. The van der Waals surface area contributed by atoms with Crippen LogP contribution in [-0.4, -0.2) is 12.7 Å². The molecule has 36 heavy (non-hydrogen) atoms. The summed E-state index contributed by atoms with van der Waals surface area (Å²) in [5.74, 6) is 1.28. The summed E-state index contributed by atoms with van der Waals surface area (Å²) in [5.41, 5.74) is 2.77. The highest BCUT2D eigenvalue weighted by molar-refractivity contribution is 7.89. The highest BCUT2D eigenvalue weighted by Crippen LogP contribution is 2.28. The Morgan fingerprint density at radius 1 is 0.722 bits per heavy atom. The molecule has 0 saturated heterocycles. The molecule has 0 fully saturated rings. The summed E-state index contributed by atoms with van der Waals surface area (Å²) in [5, 5.41) is 0.633.